The predicted octanol–water partition coefficient (Wildman–Crippen LogP) is 2.25. The molecule has 1 atom stereocenters. The Morgan fingerprint density at radius 3 is 2.57 bits per heavy atom. The summed E-state index contributed by atoms with van der Waals surface area (Å²) in [4.78, 5) is 15.0. The van der Waals surface area contributed by atoms with Gasteiger partial charge in [-0.15, -0.1) is 0 Å². The van der Waals surface area contributed by atoms with Gasteiger partial charge in [-0.25, -0.2) is 0 Å². The molecule has 1 aromatic carbocycles. The van der Waals surface area contributed by atoms with E-state index in [0.717, 1.165) is 5.56 Å². The molecular formula is C10H12ClNO2. The first-order valence-corrected chi connectivity index (χ1v) is 4.66. The maximum Gasteiger partial charge on any atom is 0.325 e. The first-order chi connectivity index (χ1) is 6.63. The van der Waals surface area contributed by atoms with E-state index in [4.69, 9.17) is 17.5 Å². The Morgan fingerprint density at radius 2 is 2.07 bits per heavy atom. The Morgan fingerprint density at radius 1 is 1.50 bits per heavy atom. The van der Waals surface area contributed by atoms with E-state index in [0.29, 0.717) is 5.02 Å². The minimum absolute atomic E-state index is 0.0864. The van der Waals surface area contributed by atoms with E-state index in [1.54, 1.807) is 12.1 Å². The maximum atomic E-state index is 10.9. The van der Waals surface area contributed by atoms with Crippen LogP contribution >= 0.6 is 11.6 Å². The maximum absolute atomic E-state index is 10.9. The molecule has 1 rings (SSSR count). The fourth-order valence-corrected chi connectivity index (χ4v) is 1.33. The molecule has 0 spiro atoms. The molecule has 0 heterocycles. The van der Waals surface area contributed by atoms with E-state index in [2.05, 4.69) is 4.84 Å². The molecule has 0 aromatic heterocycles. The molecule has 1 unspecified atom stereocenters. The summed E-state index contributed by atoms with van der Waals surface area (Å²) in [5.74, 6) is 4.43. The molecule has 0 bridgehead atoms. The normalized spacial score (nSPS) is 12.2. The number of hydrogen-bond acceptors (Lipinski definition) is 3. The SMILES string of the molecule is CC(CC(=O)ON)c1ccc(Cl)cc1. The summed E-state index contributed by atoms with van der Waals surface area (Å²) in [6.45, 7) is 1.93. The molecule has 0 aliphatic carbocycles. The quantitative estimate of drug-likeness (QED) is 0.784. The lowest BCUT2D eigenvalue weighted by Crippen LogP contribution is -2.12. The minimum Gasteiger partial charge on any atom is -0.373 e. The largest absolute Gasteiger partial charge is 0.373 e. The van der Waals surface area contributed by atoms with Gasteiger partial charge in [-0.1, -0.05) is 30.7 Å². The molecule has 1 aromatic rings. The third-order valence-electron chi connectivity index (χ3n) is 2.04. The van der Waals surface area contributed by atoms with Gasteiger partial charge in [0.05, 0.1) is 6.42 Å². The highest BCUT2D eigenvalue weighted by molar-refractivity contribution is 6.30. The Bertz CT molecular complexity index is 310. The van der Waals surface area contributed by atoms with Gasteiger partial charge in [-0.2, -0.15) is 5.90 Å². The van der Waals surface area contributed by atoms with Gasteiger partial charge >= 0.3 is 5.97 Å². The fraction of sp³-hybridized carbons (Fsp3) is 0.300. The van der Waals surface area contributed by atoms with Gasteiger partial charge in [0.2, 0.25) is 0 Å². The third kappa shape index (κ3) is 3.01. The molecule has 2 N–H and O–H groups in total. The highest BCUT2D eigenvalue weighted by Crippen LogP contribution is 2.20. The van der Waals surface area contributed by atoms with Gasteiger partial charge in [-0.3, -0.25) is 4.79 Å². The Labute approximate surface area is 87.8 Å². The van der Waals surface area contributed by atoms with Gasteiger partial charge < -0.3 is 4.84 Å². The van der Waals surface area contributed by atoms with Gasteiger partial charge in [0.1, 0.15) is 0 Å². The van der Waals surface area contributed by atoms with Gasteiger partial charge in [0, 0.05) is 5.02 Å². The van der Waals surface area contributed by atoms with Crippen molar-refractivity contribution in [2.75, 3.05) is 0 Å². The molecule has 76 valence electrons. The summed E-state index contributed by atoms with van der Waals surface area (Å²) in [5, 5.41) is 0.683. The smallest absolute Gasteiger partial charge is 0.325 e. The Kier molecular flexibility index (Phi) is 3.92. The van der Waals surface area contributed by atoms with Crippen LogP contribution in [0.3, 0.4) is 0 Å². The Balaban J connectivity index is 2.65. The lowest BCUT2D eigenvalue weighted by molar-refractivity contribution is -0.144. The summed E-state index contributed by atoms with van der Waals surface area (Å²) in [6, 6.07) is 7.36. The molecule has 0 saturated heterocycles. The molecule has 4 heteroatoms. The second-order valence-electron chi connectivity index (χ2n) is 3.15. The third-order valence-corrected chi connectivity index (χ3v) is 2.30. The van der Waals surface area contributed by atoms with E-state index < -0.39 is 5.97 Å². The number of benzene rings is 1. The van der Waals surface area contributed by atoms with Gasteiger partial charge in [-0.05, 0) is 23.6 Å². The van der Waals surface area contributed by atoms with E-state index in [1.165, 1.54) is 0 Å². The highest BCUT2D eigenvalue weighted by atomic mass is 35.5. The van der Waals surface area contributed by atoms with Crippen molar-refractivity contribution in [1.29, 1.82) is 0 Å². The zero-order valence-corrected chi connectivity index (χ0v) is 8.62. The molecule has 0 saturated carbocycles. The molecule has 0 aliphatic heterocycles. The average molecular weight is 214 g/mol. The van der Waals surface area contributed by atoms with Gasteiger partial charge in [0.15, 0.2) is 0 Å². The number of nitrogens with two attached hydrogens (primary N) is 1. The summed E-state index contributed by atoms with van der Waals surface area (Å²) in [7, 11) is 0. The standard InChI is InChI=1S/C10H12ClNO2/c1-7(6-10(13)14-12)8-2-4-9(11)5-3-8/h2-5,7H,6,12H2,1H3. The summed E-state index contributed by atoms with van der Waals surface area (Å²) < 4.78 is 0. The van der Waals surface area contributed by atoms with E-state index in [9.17, 15) is 4.79 Å². The topological polar surface area (TPSA) is 52.3 Å². The summed E-state index contributed by atoms with van der Waals surface area (Å²) in [5.41, 5.74) is 1.04. The number of carbonyl (C=O) groups is 1. The van der Waals surface area contributed by atoms with Gasteiger partial charge in [0.25, 0.3) is 0 Å². The zero-order valence-electron chi connectivity index (χ0n) is 7.87. The van der Waals surface area contributed by atoms with Crippen LogP contribution < -0.4 is 5.90 Å². The molecule has 0 aliphatic rings. The van der Waals surface area contributed by atoms with Crippen LogP contribution in [-0.2, 0) is 9.63 Å². The van der Waals surface area contributed by atoms with E-state index in [1.807, 2.05) is 19.1 Å². The highest BCUT2D eigenvalue weighted by Gasteiger charge is 2.11. The van der Waals surface area contributed by atoms with Crippen LogP contribution in [0.1, 0.15) is 24.8 Å². The molecule has 14 heavy (non-hydrogen) atoms. The second kappa shape index (κ2) is 4.98. The van der Waals surface area contributed by atoms with Crippen molar-refractivity contribution in [1.82, 2.24) is 0 Å². The molecule has 0 fully saturated rings. The fourth-order valence-electron chi connectivity index (χ4n) is 1.21. The van der Waals surface area contributed by atoms with Crippen molar-refractivity contribution in [3.8, 4) is 0 Å². The number of rotatable bonds is 3. The number of carbonyl (C=O) groups excluding carboxylic acids is 1. The van der Waals surface area contributed by atoms with E-state index >= 15 is 0 Å². The van der Waals surface area contributed by atoms with Crippen LogP contribution in [0.4, 0.5) is 0 Å². The first-order valence-electron chi connectivity index (χ1n) is 4.28. The van der Waals surface area contributed by atoms with Crippen molar-refractivity contribution in [2.45, 2.75) is 19.3 Å². The number of halogens is 1. The molecule has 0 amide bonds. The van der Waals surface area contributed by atoms with Crippen LogP contribution in [0, 0.1) is 0 Å². The lowest BCUT2D eigenvalue weighted by atomic mass is 9.98. The van der Waals surface area contributed by atoms with Crippen molar-refractivity contribution in [2.24, 2.45) is 5.90 Å². The molecule has 3 nitrogen and oxygen atoms in total. The van der Waals surface area contributed by atoms with Crippen LogP contribution in [0.2, 0.25) is 5.02 Å². The average Bonchev–Trinajstić information content (AvgIpc) is 2.18. The van der Waals surface area contributed by atoms with Crippen molar-refractivity contribution < 1.29 is 9.63 Å². The van der Waals surface area contributed by atoms with Crippen molar-refractivity contribution >= 4 is 17.6 Å². The molecular weight excluding hydrogens is 202 g/mol. The second-order valence-corrected chi connectivity index (χ2v) is 3.58. The van der Waals surface area contributed by atoms with Crippen molar-refractivity contribution in [3.63, 3.8) is 0 Å². The lowest BCUT2D eigenvalue weighted by Gasteiger charge is -2.09. The van der Waals surface area contributed by atoms with Crippen LogP contribution in [0.5, 0.6) is 0 Å². The van der Waals surface area contributed by atoms with Crippen LogP contribution in [0.25, 0.3) is 0 Å². The monoisotopic (exact) mass is 213 g/mol. The Hall–Kier alpha value is -1.06. The molecule has 0 radical (unpaired) electrons. The number of hydrogen-bond donors (Lipinski definition) is 1. The summed E-state index contributed by atoms with van der Waals surface area (Å²) in [6.07, 6.45) is 0.276. The first kappa shape index (κ1) is 11.0. The minimum atomic E-state index is -0.410. The summed E-state index contributed by atoms with van der Waals surface area (Å²) >= 11 is 5.74. The van der Waals surface area contributed by atoms with Crippen LogP contribution in [-0.4, -0.2) is 5.97 Å². The van der Waals surface area contributed by atoms with Crippen molar-refractivity contribution in [3.05, 3.63) is 34.9 Å². The van der Waals surface area contributed by atoms with E-state index in [-0.39, 0.29) is 12.3 Å². The predicted molar refractivity (Wildman–Crippen MR) is 54.8 cm³/mol. The van der Waals surface area contributed by atoms with Crippen LogP contribution in [0.15, 0.2) is 24.3 Å². The zero-order chi connectivity index (χ0) is 10.6.